The lowest BCUT2D eigenvalue weighted by Crippen LogP contribution is -2.33. The molecule has 0 amide bonds. The molecular weight excluding hydrogens is 202 g/mol. The van der Waals surface area contributed by atoms with Gasteiger partial charge in [0.25, 0.3) is 0 Å². The summed E-state index contributed by atoms with van der Waals surface area (Å²) in [5.41, 5.74) is 5.50. The molecule has 0 saturated carbocycles. The Hall–Kier alpha value is -0.770. The maximum absolute atomic E-state index is 9.64. The summed E-state index contributed by atoms with van der Waals surface area (Å²) < 4.78 is 5.27. The Morgan fingerprint density at radius 3 is 2.71 bits per heavy atom. The first-order valence-corrected chi connectivity index (χ1v) is 4.65. The van der Waals surface area contributed by atoms with Gasteiger partial charge in [-0.3, -0.25) is 0 Å². The largest absolute Gasteiger partial charge is 0.508 e. The van der Waals surface area contributed by atoms with Gasteiger partial charge in [-0.15, -0.1) is 0 Å². The van der Waals surface area contributed by atoms with Crippen LogP contribution in [0.25, 0.3) is 0 Å². The molecule has 0 aromatic heterocycles. The summed E-state index contributed by atoms with van der Waals surface area (Å²) >= 11 is 5.83. The number of methoxy groups -OCH3 is 1. The maximum Gasteiger partial charge on any atom is 0.121 e. The Morgan fingerprint density at radius 2 is 2.21 bits per heavy atom. The average molecular weight is 216 g/mol. The third kappa shape index (κ3) is 2.00. The predicted molar refractivity (Wildman–Crippen MR) is 56.5 cm³/mol. The van der Waals surface area contributed by atoms with Crippen molar-refractivity contribution < 1.29 is 9.84 Å². The number of nitrogens with two attached hydrogens (primary N) is 1. The van der Waals surface area contributed by atoms with Gasteiger partial charge in [0.15, 0.2) is 0 Å². The van der Waals surface area contributed by atoms with Crippen LogP contribution in [-0.2, 0) is 10.3 Å². The SMILES string of the molecule is COC(C)(CN)c1cc(Cl)ccc1O. The standard InChI is InChI=1S/C10H14ClNO2/c1-10(6-12,14-2)8-5-7(11)3-4-9(8)13/h3-5,13H,6,12H2,1-2H3. The van der Waals surface area contributed by atoms with Crippen molar-refractivity contribution in [3.8, 4) is 5.75 Å². The van der Waals surface area contributed by atoms with Crippen LogP contribution in [0.3, 0.4) is 0 Å². The molecule has 0 saturated heterocycles. The lowest BCUT2D eigenvalue weighted by atomic mass is 9.95. The molecule has 0 heterocycles. The fraction of sp³-hybridized carbons (Fsp3) is 0.400. The number of halogens is 1. The van der Waals surface area contributed by atoms with E-state index in [9.17, 15) is 5.11 Å². The Kier molecular flexibility index (Phi) is 3.37. The normalized spacial score (nSPS) is 15.1. The van der Waals surface area contributed by atoms with Gasteiger partial charge in [0.1, 0.15) is 11.4 Å². The van der Waals surface area contributed by atoms with Crippen molar-refractivity contribution in [1.29, 1.82) is 0 Å². The number of rotatable bonds is 3. The lowest BCUT2D eigenvalue weighted by molar-refractivity contribution is 0.00828. The van der Waals surface area contributed by atoms with Gasteiger partial charge in [-0.1, -0.05) is 11.6 Å². The van der Waals surface area contributed by atoms with Gasteiger partial charge in [-0.25, -0.2) is 0 Å². The molecule has 0 fully saturated rings. The number of phenols is 1. The number of hydrogen-bond acceptors (Lipinski definition) is 3. The van der Waals surface area contributed by atoms with E-state index >= 15 is 0 Å². The molecule has 1 atom stereocenters. The maximum atomic E-state index is 9.64. The zero-order chi connectivity index (χ0) is 10.8. The highest BCUT2D eigenvalue weighted by atomic mass is 35.5. The molecule has 1 unspecified atom stereocenters. The molecular formula is C10H14ClNO2. The van der Waals surface area contributed by atoms with E-state index in [0.717, 1.165) is 0 Å². The molecule has 4 heteroatoms. The Morgan fingerprint density at radius 1 is 1.57 bits per heavy atom. The summed E-state index contributed by atoms with van der Waals surface area (Å²) in [4.78, 5) is 0. The van der Waals surface area contributed by atoms with Crippen LogP contribution >= 0.6 is 11.6 Å². The van der Waals surface area contributed by atoms with Gasteiger partial charge >= 0.3 is 0 Å². The van der Waals surface area contributed by atoms with E-state index in [4.69, 9.17) is 22.1 Å². The van der Waals surface area contributed by atoms with Crippen molar-refractivity contribution >= 4 is 11.6 Å². The van der Waals surface area contributed by atoms with Crippen molar-refractivity contribution in [2.75, 3.05) is 13.7 Å². The molecule has 1 rings (SSSR count). The van der Waals surface area contributed by atoms with Crippen molar-refractivity contribution in [1.82, 2.24) is 0 Å². The quantitative estimate of drug-likeness (QED) is 0.810. The smallest absolute Gasteiger partial charge is 0.121 e. The summed E-state index contributed by atoms with van der Waals surface area (Å²) in [7, 11) is 1.55. The average Bonchev–Trinajstić information content (AvgIpc) is 2.20. The lowest BCUT2D eigenvalue weighted by Gasteiger charge is -2.27. The molecule has 3 N–H and O–H groups in total. The van der Waals surface area contributed by atoms with Crippen LogP contribution < -0.4 is 5.73 Å². The second-order valence-electron chi connectivity index (χ2n) is 3.30. The third-order valence-corrected chi connectivity index (χ3v) is 2.60. The Labute approximate surface area is 88.4 Å². The molecule has 1 aromatic carbocycles. The Balaban J connectivity index is 3.22. The van der Waals surface area contributed by atoms with E-state index in [0.29, 0.717) is 10.6 Å². The third-order valence-electron chi connectivity index (χ3n) is 2.37. The summed E-state index contributed by atoms with van der Waals surface area (Å²) in [5, 5.41) is 10.2. The molecule has 3 nitrogen and oxygen atoms in total. The van der Waals surface area contributed by atoms with Gasteiger partial charge in [0.05, 0.1) is 0 Å². The number of aromatic hydroxyl groups is 1. The predicted octanol–water partition coefficient (Wildman–Crippen LogP) is 1.87. The molecule has 0 bridgehead atoms. The minimum Gasteiger partial charge on any atom is -0.508 e. The highest BCUT2D eigenvalue weighted by molar-refractivity contribution is 6.30. The number of benzene rings is 1. The van der Waals surface area contributed by atoms with Gasteiger partial charge in [-0.2, -0.15) is 0 Å². The van der Waals surface area contributed by atoms with Crippen LogP contribution in [0, 0.1) is 0 Å². The fourth-order valence-electron chi connectivity index (χ4n) is 1.24. The second kappa shape index (κ2) is 4.17. The number of phenolic OH excluding ortho intramolecular Hbond substituents is 1. The van der Waals surface area contributed by atoms with E-state index in [1.54, 1.807) is 26.2 Å². The first kappa shape index (κ1) is 11.3. The topological polar surface area (TPSA) is 55.5 Å². The summed E-state index contributed by atoms with van der Waals surface area (Å²) in [6.07, 6.45) is 0. The van der Waals surface area contributed by atoms with E-state index in [1.165, 1.54) is 6.07 Å². The molecule has 78 valence electrons. The number of hydrogen-bond donors (Lipinski definition) is 2. The van der Waals surface area contributed by atoms with Gasteiger partial charge in [0.2, 0.25) is 0 Å². The molecule has 1 aromatic rings. The number of ether oxygens (including phenoxy) is 1. The fourth-order valence-corrected chi connectivity index (χ4v) is 1.41. The van der Waals surface area contributed by atoms with Crippen LogP contribution in [0.15, 0.2) is 18.2 Å². The van der Waals surface area contributed by atoms with Crippen LogP contribution in [0.1, 0.15) is 12.5 Å². The molecule has 0 aliphatic rings. The monoisotopic (exact) mass is 215 g/mol. The van der Waals surface area contributed by atoms with Gasteiger partial charge in [-0.05, 0) is 25.1 Å². The van der Waals surface area contributed by atoms with E-state index in [2.05, 4.69) is 0 Å². The zero-order valence-electron chi connectivity index (χ0n) is 8.25. The van der Waals surface area contributed by atoms with Crippen LogP contribution in [0.2, 0.25) is 5.02 Å². The Bertz CT molecular complexity index is 324. The molecule has 0 radical (unpaired) electrons. The molecule has 0 aliphatic heterocycles. The highest BCUT2D eigenvalue weighted by Gasteiger charge is 2.27. The summed E-state index contributed by atoms with van der Waals surface area (Å²) in [6, 6.07) is 4.81. The summed E-state index contributed by atoms with van der Waals surface area (Å²) in [6.45, 7) is 2.08. The second-order valence-corrected chi connectivity index (χ2v) is 3.74. The molecule has 14 heavy (non-hydrogen) atoms. The van der Waals surface area contributed by atoms with E-state index < -0.39 is 5.60 Å². The molecule has 0 aliphatic carbocycles. The van der Waals surface area contributed by atoms with E-state index in [-0.39, 0.29) is 12.3 Å². The van der Waals surface area contributed by atoms with Crippen molar-refractivity contribution in [3.05, 3.63) is 28.8 Å². The highest BCUT2D eigenvalue weighted by Crippen LogP contribution is 2.33. The van der Waals surface area contributed by atoms with Gasteiger partial charge < -0.3 is 15.6 Å². The van der Waals surface area contributed by atoms with Crippen LogP contribution in [0.5, 0.6) is 5.75 Å². The minimum absolute atomic E-state index is 0.143. The van der Waals surface area contributed by atoms with Crippen molar-refractivity contribution in [3.63, 3.8) is 0 Å². The first-order chi connectivity index (χ1) is 6.53. The zero-order valence-corrected chi connectivity index (χ0v) is 9.01. The van der Waals surface area contributed by atoms with Crippen molar-refractivity contribution in [2.24, 2.45) is 5.73 Å². The van der Waals surface area contributed by atoms with Gasteiger partial charge in [0, 0.05) is 24.2 Å². The first-order valence-electron chi connectivity index (χ1n) is 4.27. The summed E-state index contributed by atoms with van der Waals surface area (Å²) in [5.74, 6) is 0.143. The van der Waals surface area contributed by atoms with Crippen molar-refractivity contribution in [2.45, 2.75) is 12.5 Å². The molecule has 0 spiro atoms. The minimum atomic E-state index is -0.699. The van der Waals surface area contributed by atoms with Crippen LogP contribution in [-0.4, -0.2) is 18.8 Å². The van der Waals surface area contributed by atoms with Crippen LogP contribution in [0.4, 0.5) is 0 Å². The van der Waals surface area contributed by atoms with E-state index in [1.807, 2.05) is 0 Å².